The number of rotatable bonds is 4. The molecule has 0 aromatic heterocycles. The predicted molar refractivity (Wildman–Crippen MR) is 56.6 cm³/mol. The predicted octanol–water partition coefficient (Wildman–Crippen LogP) is 3.22. The molecule has 1 fully saturated rings. The van der Waals surface area contributed by atoms with Crippen LogP contribution in [0.25, 0.3) is 0 Å². The minimum Gasteiger partial charge on any atom is -0.396 e. The summed E-state index contributed by atoms with van der Waals surface area (Å²) in [6.45, 7) is 9.44. The van der Waals surface area contributed by atoms with Crippen LogP contribution in [0.2, 0.25) is 0 Å². The van der Waals surface area contributed by atoms with Gasteiger partial charge < -0.3 is 5.11 Å². The van der Waals surface area contributed by atoms with Gasteiger partial charge in [0.2, 0.25) is 0 Å². The molecule has 0 heterocycles. The second-order valence-corrected chi connectivity index (χ2v) is 6.15. The van der Waals surface area contributed by atoms with E-state index in [-0.39, 0.29) is 5.41 Å². The average molecular weight is 184 g/mol. The summed E-state index contributed by atoms with van der Waals surface area (Å²) in [6, 6.07) is 0. The first-order chi connectivity index (χ1) is 5.87. The Morgan fingerprint density at radius 1 is 1.08 bits per heavy atom. The first kappa shape index (κ1) is 11.0. The maximum Gasteiger partial charge on any atom is 0.0487 e. The lowest BCUT2D eigenvalue weighted by Gasteiger charge is -2.30. The van der Waals surface area contributed by atoms with E-state index in [1.54, 1.807) is 0 Å². The van der Waals surface area contributed by atoms with E-state index in [0.717, 1.165) is 5.92 Å². The van der Waals surface area contributed by atoms with Gasteiger partial charge in [-0.15, -0.1) is 0 Å². The fourth-order valence-electron chi connectivity index (χ4n) is 1.85. The van der Waals surface area contributed by atoms with Crippen LogP contribution >= 0.6 is 0 Å². The zero-order chi connectivity index (χ0) is 10.1. The quantitative estimate of drug-likeness (QED) is 0.711. The number of aliphatic hydroxyl groups is 1. The molecule has 1 atom stereocenters. The standard InChI is InChI=1S/C12H24O/c1-11(2,3)7-8-12(4,9-13)10-5-6-10/h10,13H,5-9H2,1-4H3. The summed E-state index contributed by atoms with van der Waals surface area (Å²) < 4.78 is 0. The van der Waals surface area contributed by atoms with Crippen LogP contribution in [0.3, 0.4) is 0 Å². The van der Waals surface area contributed by atoms with Crippen LogP contribution in [0.4, 0.5) is 0 Å². The van der Waals surface area contributed by atoms with Gasteiger partial charge in [-0.3, -0.25) is 0 Å². The zero-order valence-corrected chi connectivity index (χ0v) is 9.56. The summed E-state index contributed by atoms with van der Waals surface area (Å²) >= 11 is 0. The largest absolute Gasteiger partial charge is 0.396 e. The Labute approximate surface area is 82.5 Å². The van der Waals surface area contributed by atoms with Gasteiger partial charge in [0.25, 0.3) is 0 Å². The van der Waals surface area contributed by atoms with E-state index < -0.39 is 0 Å². The van der Waals surface area contributed by atoms with E-state index in [0.29, 0.717) is 12.0 Å². The van der Waals surface area contributed by atoms with Gasteiger partial charge in [0.05, 0.1) is 0 Å². The van der Waals surface area contributed by atoms with Crippen molar-refractivity contribution in [3.05, 3.63) is 0 Å². The minimum atomic E-state index is 0.216. The lowest BCUT2D eigenvalue weighted by molar-refractivity contribution is 0.0957. The van der Waals surface area contributed by atoms with E-state index in [4.69, 9.17) is 0 Å². The third kappa shape index (κ3) is 3.30. The van der Waals surface area contributed by atoms with Crippen LogP contribution in [0.1, 0.15) is 53.4 Å². The van der Waals surface area contributed by atoms with Gasteiger partial charge in [0.1, 0.15) is 0 Å². The van der Waals surface area contributed by atoms with Gasteiger partial charge in [0, 0.05) is 6.61 Å². The van der Waals surface area contributed by atoms with Crippen molar-refractivity contribution in [1.82, 2.24) is 0 Å². The van der Waals surface area contributed by atoms with Gasteiger partial charge in [-0.1, -0.05) is 27.7 Å². The molecule has 13 heavy (non-hydrogen) atoms. The van der Waals surface area contributed by atoms with Crippen LogP contribution in [0, 0.1) is 16.7 Å². The lowest BCUT2D eigenvalue weighted by Crippen LogP contribution is -2.25. The van der Waals surface area contributed by atoms with Crippen LogP contribution in [0.15, 0.2) is 0 Å². The van der Waals surface area contributed by atoms with E-state index in [1.165, 1.54) is 25.7 Å². The van der Waals surface area contributed by atoms with E-state index in [1.807, 2.05) is 0 Å². The summed E-state index contributed by atoms with van der Waals surface area (Å²) in [7, 11) is 0. The molecule has 1 aliphatic carbocycles. The van der Waals surface area contributed by atoms with Crippen molar-refractivity contribution in [2.75, 3.05) is 6.61 Å². The molecule has 0 aromatic rings. The lowest BCUT2D eigenvalue weighted by atomic mass is 9.76. The van der Waals surface area contributed by atoms with Gasteiger partial charge in [-0.25, -0.2) is 0 Å². The first-order valence-corrected chi connectivity index (χ1v) is 5.48. The Kier molecular flexibility index (Phi) is 3.06. The van der Waals surface area contributed by atoms with Crippen molar-refractivity contribution in [2.45, 2.75) is 53.4 Å². The second-order valence-electron chi connectivity index (χ2n) is 6.15. The highest BCUT2D eigenvalue weighted by molar-refractivity contribution is 4.91. The monoisotopic (exact) mass is 184 g/mol. The normalized spacial score (nSPS) is 22.8. The smallest absolute Gasteiger partial charge is 0.0487 e. The van der Waals surface area contributed by atoms with Crippen molar-refractivity contribution < 1.29 is 5.11 Å². The highest BCUT2D eigenvalue weighted by Crippen LogP contribution is 2.48. The fourth-order valence-corrected chi connectivity index (χ4v) is 1.85. The Bertz CT molecular complexity index is 164. The minimum absolute atomic E-state index is 0.216. The Hall–Kier alpha value is -0.0400. The first-order valence-electron chi connectivity index (χ1n) is 5.48. The maximum absolute atomic E-state index is 9.39. The van der Waals surface area contributed by atoms with Gasteiger partial charge >= 0.3 is 0 Å². The number of hydrogen-bond acceptors (Lipinski definition) is 1. The molecule has 1 aliphatic rings. The molecule has 1 unspecified atom stereocenters. The third-order valence-electron chi connectivity index (χ3n) is 3.37. The summed E-state index contributed by atoms with van der Waals surface area (Å²) in [4.78, 5) is 0. The van der Waals surface area contributed by atoms with Crippen molar-refractivity contribution in [1.29, 1.82) is 0 Å². The average Bonchev–Trinajstić information content (AvgIpc) is 2.81. The third-order valence-corrected chi connectivity index (χ3v) is 3.37. The second kappa shape index (κ2) is 3.61. The van der Waals surface area contributed by atoms with E-state index >= 15 is 0 Å². The zero-order valence-electron chi connectivity index (χ0n) is 9.56. The molecule has 1 saturated carbocycles. The SMILES string of the molecule is CC(C)(C)CCC(C)(CO)C1CC1. The summed E-state index contributed by atoms with van der Waals surface area (Å²) in [5.74, 6) is 0.805. The van der Waals surface area contributed by atoms with Crippen LogP contribution < -0.4 is 0 Å². The molecule has 0 aliphatic heterocycles. The van der Waals surface area contributed by atoms with E-state index in [9.17, 15) is 5.11 Å². The molecule has 0 bridgehead atoms. The topological polar surface area (TPSA) is 20.2 Å². The molecule has 0 radical (unpaired) electrons. The van der Waals surface area contributed by atoms with Crippen LogP contribution in [-0.2, 0) is 0 Å². The molecule has 1 nitrogen and oxygen atoms in total. The molecule has 0 aromatic carbocycles. The van der Waals surface area contributed by atoms with Crippen molar-refractivity contribution in [3.63, 3.8) is 0 Å². The van der Waals surface area contributed by atoms with Crippen molar-refractivity contribution >= 4 is 0 Å². The molecule has 1 N–H and O–H groups in total. The molecule has 0 amide bonds. The summed E-state index contributed by atoms with van der Waals surface area (Å²) in [6.07, 6.45) is 5.07. The highest BCUT2D eigenvalue weighted by Gasteiger charge is 2.40. The Morgan fingerprint density at radius 3 is 1.92 bits per heavy atom. The van der Waals surface area contributed by atoms with Gasteiger partial charge in [-0.2, -0.15) is 0 Å². The summed E-state index contributed by atoms with van der Waals surface area (Å²) in [5, 5.41) is 9.39. The number of aliphatic hydroxyl groups excluding tert-OH is 1. The highest BCUT2D eigenvalue weighted by atomic mass is 16.3. The molecule has 0 saturated heterocycles. The molecule has 78 valence electrons. The Balaban J connectivity index is 2.39. The van der Waals surface area contributed by atoms with Gasteiger partial charge in [0.15, 0.2) is 0 Å². The van der Waals surface area contributed by atoms with Crippen molar-refractivity contribution in [2.24, 2.45) is 16.7 Å². The molecule has 1 rings (SSSR count). The molecule has 0 spiro atoms. The fraction of sp³-hybridized carbons (Fsp3) is 1.00. The number of hydrogen-bond donors (Lipinski definition) is 1. The van der Waals surface area contributed by atoms with Crippen LogP contribution in [-0.4, -0.2) is 11.7 Å². The molecular weight excluding hydrogens is 160 g/mol. The van der Waals surface area contributed by atoms with Gasteiger partial charge in [-0.05, 0) is 42.4 Å². The van der Waals surface area contributed by atoms with Crippen LogP contribution in [0.5, 0.6) is 0 Å². The van der Waals surface area contributed by atoms with Crippen molar-refractivity contribution in [3.8, 4) is 0 Å². The Morgan fingerprint density at radius 2 is 1.62 bits per heavy atom. The molecule has 1 heteroatoms. The summed E-state index contributed by atoms with van der Waals surface area (Å²) in [5.41, 5.74) is 0.624. The maximum atomic E-state index is 9.39. The molecular formula is C12H24O. The van der Waals surface area contributed by atoms with E-state index in [2.05, 4.69) is 27.7 Å².